The van der Waals surface area contributed by atoms with Gasteiger partial charge in [0.15, 0.2) is 11.5 Å². The molecule has 0 fully saturated rings. The smallest absolute Gasteiger partial charge is 0.303 e. The number of hydrogen-bond donors (Lipinski definition) is 1. The molecule has 0 saturated heterocycles. The monoisotopic (exact) mass is 384 g/mol. The van der Waals surface area contributed by atoms with Crippen LogP contribution in [0.4, 0.5) is 0 Å². The molecule has 0 radical (unpaired) electrons. The molecule has 2 aromatic carbocycles. The van der Waals surface area contributed by atoms with Gasteiger partial charge in [0, 0.05) is 6.42 Å². The Morgan fingerprint density at radius 2 is 1.93 bits per heavy atom. The van der Waals surface area contributed by atoms with Crippen molar-refractivity contribution in [3.8, 4) is 17.2 Å². The van der Waals surface area contributed by atoms with Gasteiger partial charge < -0.3 is 19.3 Å². The Kier molecular flexibility index (Phi) is 6.80. The van der Waals surface area contributed by atoms with Gasteiger partial charge in [0.2, 0.25) is 0 Å². The van der Waals surface area contributed by atoms with E-state index in [1.54, 1.807) is 7.11 Å². The molecule has 1 N–H and O–H groups in total. The van der Waals surface area contributed by atoms with Crippen LogP contribution in [-0.4, -0.2) is 31.4 Å². The van der Waals surface area contributed by atoms with E-state index in [4.69, 9.17) is 19.3 Å². The summed E-state index contributed by atoms with van der Waals surface area (Å²) in [5.41, 5.74) is 3.58. The summed E-state index contributed by atoms with van der Waals surface area (Å²) >= 11 is 0. The highest BCUT2D eigenvalue weighted by Crippen LogP contribution is 2.37. The molecule has 0 spiro atoms. The molecule has 0 heterocycles. The first-order valence-corrected chi connectivity index (χ1v) is 9.87. The lowest BCUT2D eigenvalue weighted by Gasteiger charge is -2.13. The predicted molar refractivity (Wildman–Crippen MR) is 108 cm³/mol. The van der Waals surface area contributed by atoms with Crippen LogP contribution >= 0.6 is 0 Å². The highest BCUT2D eigenvalue weighted by atomic mass is 16.5. The fourth-order valence-corrected chi connectivity index (χ4v) is 3.68. The molecule has 0 aromatic heterocycles. The van der Waals surface area contributed by atoms with Crippen LogP contribution in [0.3, 0.4) is 0 Å². The number of carbonyl (C=O) groups is 1. The minimum absolute atomic E-state index is 0.129. The Morgan fingerprint density at radius 1 is 1.11 bits per heavy atom. The van der Waals surface area contributed by atoms with Crippen molar-refractivity contribution >= 4 is 5.97 Å². The van der Waals surface area contributed by atoms with Crippen LogP contribution in [0.15, 0.2) is 36.4 Å². The molecule has 2 aromatic rings. The van der Waals surface area contributed by atoms with E-state index in [0.29, 0.717) is 13.2 Å². The molecule has 28 heavy (non-hydrogen) atoms. The van der Waals surface area contributed by atoms with Crippen molar-refractivity contribution in [1.82, 2.24) is 0 Å². The zero-order chi connectivity index (χ0) is 19.9. The summed E-state index contributed by atoms with van der Waals surface area (Å²) in [5.74, 6) is 1.74. The van der Waals surface area contributed by atoms with Crippen LogP contribution in [0.25, 0.3) is 0 Å². The van der Waals surface area contributed by atoms with E-state index < -0.39 is 5.97 Å². The number of carboxylic acid groups (broad SMARTS) is 1. The first kappa shape index (κ1) is 20.1. The molecule has 1 atom stereocenters. The number of ether oxygens (including phenoxy) is 3. The van der Waals surface area contributed by atoms with Crippen LogP contribution in [0.2, 0.25) is 0 Å². The van der Waals surface area contributed by atoms with Gasteiger partial charge in [-0.3, -0.25) is 4.79 Å². The van der Waals surface area contributed by atoms with Crippen molar-refractivity contribution in [3.63, 3.8) is 0 Å². The second-order valence-corrected chi connectivity index (χ2v) is 7.08. The maximum Gasteiger partial charge on any atom is 0.303 e. The fourth-order valence-electron chi connectivity index (χ4n) is 3.68. The number of methoxy groups -OCH3 is 1. The van der Waals surface area contributed by atoms with Crippen molar-refractivity contribution in [2.75, 3.05) is 20.3 Å². The zero-order valence-electron chi connectivity index (χ0n) is 16.6. The van der Waals surface area contributed by atoms with E-state index in [2.05, 4.69) is 13.0 Å². The number of aryl methyl sites for hydroxylation is 2. The number of fused-ring (bicyclic) bond motifs is 1. The molecule has 1 aliphatic carbocycles. The van der Waals surface area contributed by atoms with Gasteiger partial charge in [-0.25, -0.2) is 0 Å². The summed E-state index contributed by atoms with van der Waals surface area (Å²) in [4.78, 5) is 11.0. The molecule has 150 valence electrons. The predicted octanol–water partition coefficient (Wildman–Crippen LogP) is 4.61. The Hall–Kier alpha value is -2.69. The van der Waals surface area contributed by atoms with E-state index in [-0.39, 0.29) is 12.3 Å². The van der Waals surface area contributed by atoms with Crippen LogP contribution < -0.4 is 14.2 Å². The van der Waals surface area contributed by atoms with Crippen LogP contribution in [-0.2, 0) is 17.6 Å². The molecule has 0 saturated carbocycles. The SMILES string of the molecule is CCc1ccc(OCCCOc2ccc3c(c2)CC[C@H]3CC(=O)O)c(OC)c1. The summed E-state index contributed by atoms with van der Waals surface area (Å²) in [7, 11) is 1.65. The summed E-state index contributed by atoms with van der Waals surface area (Å²) in [6, 6.07) is 12.0. The third-order valence-electron chi connectivity index (χ3n) is 5.19. The average molecular weight is 384 g/mol. The van der Waals surface area contributed by atoms with Gasteiger partial charge in [-0.05, 0) is 66.1 Å². The van der Waals surface area contributed by atoms with Crippen LogP contribution in [0, 0.1) is 0 Å². The first-order valence-electron chi connectivity index (χ1n) is 9.87. The Balaban J connectivity index is 1.46. The van der Waals surface area contributed by atoms with Crippen molar-refractivity contribution in [3.05, 3.63) is 53.1 Å². The van der Waals surface area contributed by atoms with Crippen molar-refractivity contribution in [2.45, 2.75) is 44.9 Å². The molecule has 3 rings (SSSR count). The Bertz CT molecular complexity index is 815. The normalized spacial score (nSPS) is 15.1. The zero-order valence-corrected chi connectivity index (χ0v) is 16.6. The quantitative estimate of drug-likeness (QED) is 0.606. The average Bonchev–Trinajstić information content (AvgIpc) is 3.09. The second kappa shape index (κ2) is 9.49. The fraction of sp³-hybridized carbons (Fsp3) is 0.435. The summed E-state index contributed by atoms with van der Waals surface area (Å²) in [5, 5.41) is 9.02. The topological polar surface area (TPSA) is 65.0 Å². The number of aliphatic carboxylic acids is 1. The number of carboxylic acids is 1. The molecule has 0 amide bonds. The van der Waals surface area contributed by atoms with Crippen LogP contribution in [0.1, 0.15) is 48.8 Å². The minimum Gasteiger partial charge on any atom is -0.493 e. The van der Waals surface area contributed by atoms with Gasteiger partial charge in [0.25, 0.3) is 0 Å². The molecule has 5 heteroatoms. The molecule has 0 bridgehead atoms. The summed E-state index contributed by atoms with van der Waals surface area (Å²) in [6.45, 7) is 3.22. The van der Waals surface area contributed by atoms with Gasteiger partial charge in [-0.2, -0.15) is 0 Å². The van der Waals surface area contributed by atoms with Gasteiger partial charge >= 0.3 is 5.97 Å². The lowest BCUT2D eigenvalue weighted by atomic mass is 9.98. The van der Waals surface area contributed by atoms with E-state index in [1.165, 1.54) is 11.1 Å². The largest absolute Gasteiger partial charge is 0.493 e. The van der Waals surface area contributed by atoms with Crippen LogP contribution in [0.5, 0.6) is 17.2 Å². The van der Waals surface area contributed by atoms with E-state index in [9.17, 15) is 4.79 Å². The number of hydrogen-bond acceptors (Lipinski definition) is 4. The van der Waals surface area contributed by atoms with Gasteiger partial charge in [-0.15, -0.1) is 0 Å². The van der Waals surface area contributed by atoms with Gasteiger partial charge in [0.05, 0.1) is 26.7 Å². The molecular formula is C23H28O5. The first-order chi connectivity index (χ1) is 13.6. The van der Waals surface area contributed by atoms with E-state index in [1.807, 2.05) is 30.3 Å². The van der Waals surface area contributed by atoms with Gasteiger partial charge in [0.1, 0.15) is 5.75 Å². The molecule has 0 unspecified atom stereocenters. The van der Waals surface area contributed by atoms with Gasteiger partial charge in [-0.1, -0.05) is 19.1 Å². The maximum atomic E-state index is 11.0. The molecular weight excluding hydrogens is 356 g/mol. The minimum atomic E-state index is -0.737. The standard InChI is InChI=1S/C23H28O5/c1-3-16-5-10-21(22(13-16)26-2)28-12-4-11-27-19-8-9-20-17(14-19)6-7-18(20)15-23(24)25/h5,8-10,13-14,18H,3-4,6-7,11-12,15H2,1-2H3,(H,24,25)/t18-/m0/s1. The maximum absolute atomic E-state index is 11.0. The summed E-state index contributed by atoms with van der Waals surface area (Å²) < 4.78 is 17.1. The van der Waals surface area contributed by atoms with Crippen molar-refractivity contribution in [1.29, 1.82) is 0 Å². The third kappa shape index (κ3) is 4.97. The third-order valence-corrected chi connectivity index (χ3v) is 5.19. The van der Waals surface area contributed by atoms with E-state index in [0.717, 1.165) is 48.5 Å². The molecule has 1 aliphatic rings. The molecule has 5 nitrogen and oxygen atoms in total. The van der Waals surface area contributed by atoms with Crippen molar-refractivity contribution in [2.24, 2.45) is 0 Å². The lowest BCUT2D eigenvalue weighted by molar-refractivity contribution is -0.137. The number of rotatable bonds is 10. The lowest BCUT2D eigenvalue weighted by Crippen LogP contribution is -2.06. The highest BCUT2D eigenvalue weighted by Gasteiger charge is 2.24. The van der Waals surface area contributed by atoms with Crippen molar-refractivity contribution < 1.29 is 24.1 Å². The Morgan fingerprint density at radius 3 is 2.68 bits per heavy atom. The highest BCUT2D eigenvalue weighted by molar-refractivity contribution is 5.68. The van der Waals surface area contributed by atoms with E-state index >= 15 is 0 Å². The number of benzene rings is 2. The Labute approximate surface area is 166 Å². The summed E-state index contributed by atoms with van der Waals surface area (Å²) in [6.07, 6.45) is 3.74. The molecule has 0 aliphatic heterocycles. The second-order valence-electron chi connectivity index (χ2n) is 7.08.